The minimum atomic E-state index is -3.90. The van der Waals surface area contributed by atoms with Crippen LogP contribution in [0.2, 0.25) is 0 Å². The zero-order valence-electron chi connectivity index (χ0n) is 19.0. The van der Waals surface area contributed by atoms with Crippen molar-refractivity contribution in [2.45, 2.75) is 18.0 Å². The quantitative estimate of drug-likeness (QED) is 0.510. The second kappa shape index (κ2) is 11.3. The van der Waals surface area contributed by atoms with Gasteiger partial charge in [0.05, 0.1) is 23.8 Å². The third kappa shape index (κ3) is 6.22. The summed E-state index contributed by atoms with van der Waals surface area (Å²) in [7, 11) is -3.90. The van der Waals surface area contributed by atoms with Crippen molar-refractivity contribution in [1.82, 2.24) is 10.2 Å². The van der Waals surface area contributed by atoms with Crippen LogP contribution in [0, 0.1) is 0 Å². The molecule has 3 aromatic carbocycles. The van der Waals surface area contributed by atoms with E-state index < -0.39 is 10.0 Å². The minimum absolute atomic E-state index is 0.141. The van der Waals surface area contributed by atoms with Crippen LogP contribution < -0.4 is 9.62 Å². The van der Waals surface area contributed by atoms with Crippen LogP contribution >= 0.6 is 0 Å². The van der Waals surface area contributed by atoms with Crippen molar-refractivity contribution in [3.8, 4) is 0 Å². The number of hydrogen-bond acceptors (Lipinski definition) is 5. The monoisotopic (exact) mass is 479 g/mol. The first-order valence-electron chi connectivity index (χ1n) is 11.3. The molecular formula is C26H29N3O4S. The minimum Gasteiger partial charge on any atom is -0.379 e. The Kier molecular flexibility index (Phi) is 7.95. The Hall–Kier alpha value is -3.20. The lowest BCUT2D eigenvalue weighted by atomic mass is 10.1. The molecule has 1 aliphatic heterocycles. The molecule has 1 aliphatic rings. The van der Waals surface area contributed by atoms with E-state index in [9.17, 15) is 13.2 Å². The van der Waals surface area contributed by atoms with E-state index in [1.807, 2.05) is 12.1 Å². The van der Waals surface area contributed by atoms with Gasteiger partial charge in [-0.05, 0) is 35.4 Å². The first-order chi connectivity index (χ1) is 16.5. The molecule has 34 heavy (non-hydrogen) atoms. The van der Waals surface area contributed by atoms with E-state index in [0.29, 0.717) is 12.2 Å². The van der Waals surface area contributed by atoms with E-state index in [4.69, 9.17) is 4.74 Å². The normalized spacial score (nSPS) is 14.5. The van der Waals surface area contributed by atoms with Gasteiger partial charge in [-0.3, -0.25) is 14.0 Å². The number of amides is 1. The Morgan fingerprint density at radius 1 is 0.882 bits per heavy atom. The molecule has 7 nitrogen and oxygen atoms in total. The molecule has 1 fully saturated rings. The number of anilines is 1. The number of ether oxygens (including phenoxy) is 1. The summed E-state index contributed by atoms with van der Waals surface area (Å²) in [6.07, 6.45) is 0. The topological polar surface area (TPSA) is 79.0 Å². The van der Waals surface area contributed by atoms with E-state index in [0.717, 1.165) is 42.7 Å². The van der Waals surface area contributed by atoms with Gasteiger partial charge in [-0.15, -0.1) is 0 Å². The molecule has 1 amide bonds. The summed E-state index contributed by atoms with van der Waals surface area (Å²) in [4.78, 5) is 15.3. The molecule has 4 rings (SSSR count). The first kappa shape index (κ1) is 23.9. The van der Waals surface area contributed by atoms with Crippen LogP contribution in [-0.4, -0.2) is 52.1 Å². The van der Waals surface area contributed by atoms with Crippen LogP contribution in [0.15, 0.2) is 89.8 Å². The van der Waals surface area contributed by atoms with Crippen molar-refractivity contribution < 1.29 is 17.9 Å². The summed E-state index contributed by atoms with van der Waals surface area (Å²) < 4.78 is 33.2. The maximum atomic E-state index is 13.3. The van der Waals surface area contributed by atoms with E-state index in [1.54, 1.807) is 48.5 Å². The van der Waals surface area contributed by atoms with Crippen molar-refractivity contribution in [2.75, 3.05) is 37.2 Å². The molecule has 178 valence electrons. The van der Waals surface area contributed by atoms with E-state index >= 15 is 0 Å². The maximum absolute atomic E-state index is 13.3. The van der Waals surface area contributed by atoms with Gasteiger partial charge in [0.2, 0.25) is 5.91 Å². The van der Waals surface area contributed by atoms with E-state index in [2.05, 4.69) is 22.3 Å². The molecule has 1 saturated heterocycles. The van der Waals surface area contributed by atoms with Crippen LogP contribution in [0.4, 0.5) is 5.69 Å². The zero-order chi connectivity index (χ0) is 23.8. The highest BCUT2D eigenvalue weighted by molar-refractivity contribution is 7.92. The molecule has 1 heterocycles. The van der Waals surface area contributed by atoms with Gasteiger partial charge in [0.25, 0.3) is 10.0 Å². The smallest absolute Gasteiger partial charge is 0.264 e. The molecule has 1 N–H and O–H groups in total. The highest BCUT2D eigenvalue weighted by Gasteiger charge is 2.26. The third-order valence-electron chi connectivity index (χ3n) is 5.65. The number of carbonyl (C=O) groups excluding carboxylic acids is 1. The molecule has 0 bridgehead atoms. The Labute approximate surface area is 201 Å². The summed E-state index contributed by atoms with van der Waals surface area (Å²) in [5.41, 5.74) is 2.58. The predicted molar refractivity (Wildman–Crippen MR) is 132 cm³/mol. The van der Waals surface area contributed by atoms with Gasteiger partial charge in [-0.2, -0.15) is 0 Å². The molecule has 0 radical (unpaired) electrons. The number of nitrogens with zero attached hydrogens (tertiary/aromatic N) is 2. The molecule has 0 aliphatic carbocycles. The highest BCUT2D eigenvalue weighted by atomic mass is 32.2. The lowest BCUT2D eigenvalue weighted by Crippen LogP contribution is -2.40. The number of rotatable bonds is 9. The van der Waals surface area contributed by atoms with Crippen molar-refractivity contribution >= 4 is 21.6 Å². The largest absolute Gasteiger partial charge is 0.379 e. The Morgan fingerprint density at radius 2 is 1.53 bits per heavy atom. The lowest BCUT2D eigenvalue weighted by Gasteiger charge is -2.26. The maximum Gasteiger partial charge on any atom is 0.264 e. The first-order valence-corrected chi connectivity index (χ1v) is 12.7. The highest BCUT2D eigenvalue weighted by Crippen LogP contribution is 2.23. The van der Waals surface area contributed by atoms with Gasteiger partial charge in [-0.25, -0.2) is 8.42 Å². The van der Waals surface area contributed by atoms with Crippen molar-refractivity contribution in [2.24, 2.45) is 0 Å². The van der Waals surface area contributed by atoms with Crippen molar-refractivity contribution in [3.05, 3.63) is 96.1 Å². The van der Waals surface area contributed by atoms with Crippen LogP contribution in [0.3, 0.4) is 0 Å². The number of benzene rings is 3. The number of para-hydroxylation sites is 1. The summed E-state index contributed by atoms with van der Waals surface area (Å²) in [6, 6.07) is 24.9. The van der Waals surface area contributed by atoms with Gasteiger partial charge in [0.1, 0.15) is 6.54 Å². The summed E-state index contributed by atoms with van der Waals surface area (Å²) in [5.74, 6) is -0.373. The number of nitrogens with one attached hydrogen (secondary N) is 1. The van der Waals surface area contributed by atoms with E-state index in [-0.39, 0.29) is 17.3 Å². The van der Waals surface area contributed by atoms with Crippen LogP contribution in [0.5, 0.6) is 0 Å². The Morgan fingerprint density at radius 3 is 2.24 bits per heavy atom. The Bertz CT molecular complexity index is 1180. The predicted octanol–water partition coefficient (Wildman–Crippen LogP) is 3.03. The molecule has 0 unspecified atom stereocenters. The fourth-order valence-corrected chi connectivity index (χ4v) is 5.31. The van der Waals surface area contributed by atoms with Gasteiger partial charge in [0.15, 0.2) is 0 Å². The Balaban J connectivity index is 1.43. The zero-order valence-corrected chi connectivity index (χ0v) is 19.8. The fraction of sp³-hybridized carbons (Fsp3) is 0.269. The molecule has 0 atom stereocenters. The molecule has 3 aromatic rings. The summed E-state index contributed by atoms with van der Waals surface area (Å²) in [6.45, 7) is 4.16. The van der Waals surface area contributed by atoms with Gasteiger partial charge in [0, 0.05) is 26.2 Å². The second-order valence-corrected chi connectivity index (χ2v) is 10.0. The third-order valence-corrected chi connectivity index (χ3v) is 7.44. The van der Waals surface area contributed by atoms with Crippen LogP contribution in [0.1, 0.15) is 11.1 Å². The lowest BCUT2D eigenvalue weighted by molar-refractivity contribution is -0.119. The molecule has 0 spiro atoms. The number of morpholine rings is 1. The molecule has 0 aromatic heterocycles. The SMILES string of the molecule is O=C(CN(c1ccccc1)S(=O)(=O)c1ccccc1)NCc1cccc(CN2CCOCC2)c1. The second-order valence-electron chi connectivity index (χ2n) is 8.15. The van der Waals surface area contributed by atoms with E-state index in [1.165, 1.54) is 17.7 Å². The molecule has 8 heteroatoms. The fourth-order valence-electron chi connectivity index (χ4n) is 3.87. The number of carbonyl (C=O) groups is 1. The van der Waals surface area contributed by atoms with Crippen molar-refractivity contribution in [3.63, 3.8) is 0 Å². The van der Waals surface area contributed by atoms with Gasteiger partial charge >= 0.3 is 0 Å². The number of hydrogen-bond donors (Lipinski definition) is 1. The van der Waals surface area contributed by atoms with Crippen LogP contribution in [0.25, 0.3) is 0 Å². The van der Waals surface area contributed by atoms with Gasteiger partial charge < -0.3 is 10.1 Å². The summed E-state index contributed by atoms with van der Waals surface area (Å²) >= 11 is 0. The average molecular weight is 480 g/mol. The summed E-state index contributed by atoms with van der Waals surface area (Å²) in [5, 5.41) is 2.87. The number of sulfonamides is 1. The molecule has 0 saturated carbocycles. The van der Waals surface area contributed by atoms with Gasteiger partial charge in [-0.1, -0.05) is 60.7 Å². The standard InChI is InChI=1S/C26H29N3O4S/c30-26(27-19-22-8-7-9-23(18-22)20-28-14-16-33-17-15-28)21-29(24-10-3-1-4-11-24)34(31,32)25-12-5-2-6-13-25/h1-13,18H,14-17,19-21H2,(H,27,30). The van der Waals surface area contributed by atoms with Crippen molar-refractivity contribution in [1.29, 1.82) is 0 Å². The molecular weight excluding hydrogens is 450 g/mol. The average Bonchev–Trinajstić information content (AvgIpc) is 2.88. The van der Waals surface area contributed by atoms with Crippen LogP contribution in [-0.2, 0) is 32.6 Å².